The van der Waals surface area contributed by atoms with Gasteiger partial charge in [0.05, 0.1) is 24.8 Å². The molecule has 0 aromatic heterocycles. The largest absolute Gasteiger partial charge is 0.492 e. The fourth-order valence-electron chi connectivity index (χ4n) is 3.57. The average Bonchev–Trinajstić information content (AvgIpc) is 3.34. The van der Waals surface area contributed by atoms with Crippen LogP contribution in [-0.4, -0.2) is 50.7 Å². The molecular weight excluding hydrogens is 322 g/mol. The van der Waals surface area contributed by atoms with E-state index in [1.54, 1.807) is 0 Å². The number of aliphatic imine (C=N–C) groups is 1. The van der Waals surface area contributed by atoms with Gasteiger partial charge < -0.3 is 29.6 Å². The van der Waals surface area contributed by atoms with E-state index in [9.17, 15) is 0 Å². The third kappa shape index (κ3) is 3.76. The van der Waals surface area contributed by atoms with Crippen molar-refractivity contribution in [1.29, 1.82) is 0 Å². The second-order valence-corrected chi connectivity index (χ2v) is 6.48. The number of ether oxygens (including phenoxy) is 4. The van der Waals surface area contributed by atoms with E-state index in [-0.39, 0.29) is 6.79 Å². The Labute approximate surface area is 147 Å². The van der Waals surface area contributed by atoms with Crippen LogP contribution >= 0.6 is 0 Å². The molecular formula is C18H25N3O4. The summed E-state index contributed by atoms with van der Waals surface area (Å²) in [6, 6.07) is 5.96. The molecule has 3 atom stereocenters. The number of nitrogens with one attached hydrogen (secondary N) is 2. The Kier molecular flexibility index (Phi) is 4.83. The van der Waals surface area contributed by atoms with Crippen LogP contribution in [-0.2, 0) is 4.74 Å². The molecule has 7 heteroatoms. The van der Waals surface area contributed by atoms with E-state index >= 15 is 0 Å². The number of fused-ring (bicyclic) bond motifs is 3. The Morgan fingerprint density at radius 3 is 3.00 bits per heavy atom. The molecule has 0 aliphatic carbocycles. The van der Waals surface area contributed by atoms with Gasteiger partial charge in [-0.1, -0.05) is 0 Å². The van der Waals surface area contributed by atoms with Crippen molar-refractivity contribution in [3.05, 3.63) is 18.2 Å². The summed E-state index contributed by atoms with van der Waals surface area (Å²) in [5.74, 6) is 3.08. The topological polar surface area (TPSA) is 73.3 Å². The fraction of sp³-hybridized carbons (Fsp3) is 0.611. The van der Waals surface area contributed by atoms with Crippen molar-refractivity contribution >= 4 is 5.96 Å². The molecule has 0 radical (unpaired) electrons. The summed E-state index contributed by atoms with van der Waals surface area (Å²) in [7, 11) is 0. The van der Waals surface area contributed by atoms with Gasteiger partial charge in [-0.05, 0) is 38.3 Å². The van der Waals surface area contributed by atoms with Crippen LogP contribution < -0.4 is 24.8 Å². The minimum atomic E-state index is 0.271. The maximum Gasteiger partial charge on any atom is 0.231 e. The van der Waals surface area contributed by atoms with Crippen molar-refractivity contribution < 1.29 is 18.9 Å². The SMILES string of the molecule is CCNC(=NCCOc1ccc2c(c1)OCO2)NC1CC2CCC1O2. The van der Waals surface area contributed by atoms with Gasteiger partial charge in [-0.25, -0.2) is 4.99 Å². The normalized spacial score (nSPS) is 26.8. The minimum absolute atomic E-state index is 0.271. The van der Waals surface area contributed by atoms with Crippen molar-refractivity contribution in [2.24, 2.45) is 4.99 Å². The number of hydrogen-bond acceptors (Lipinski definition) is 5. The minimum Gasteiger partial charge on any atom is -0.492 e. The van der Waals surface area contributed by atoms with Crippen molar-refractivity contribution in [2.45, 2.75) is 44.4 Å². The molecule has 7 nitrogen and oxygen atoms in total. The first kappa shape index (κ1) is 16.3. The molecule has 25 heavy (non-hydrogen) atoms. The fourth-order valence-corrected chi connectivity index (χ4v) is 3.57. The van der Waals surface area contributed by atoms with Gasteiger partial charge in [-0.2, -0.15) is 0 Å². The Balaban J connectivity index is 1.26. The lowest BCUT2D eigenvalue weighted by molar-refractivity contribution is 0.0992. The summed E-state index contributed by atoms with van der Waals surface area (Å²) >= 11 is 0. The summed E-state index contributed by atoms with van der Waals surface area (Å²) in [5, 5.41) is 6.80. The smallest absolute Gasteiger partial charge is 0.231 e. The number of rotatable bonds is 6. The molecule has 3 aliphatic heterocycles. The van der Waals surface area contributed by atoms with Gasteiger partial charge in [-0.3, -0.25) is 0 Å². The lowest BCUT2D eigenvalue weighted by Crippen LogP contribution is -2.47. The molecule has 3 unspecified atom stereocenters. The molecule has 1 aromatic rings. The highest BCUT2D eigenvalue weighted by atomic mass is 16.7. The average molecular weight is 347 g/mol. The van der Waals surface area contributed by atoms with Crippen LogP contribution in [0.5, 0.6) is 17.2 Å². The molecule has 1 aromatic carbocycles. The van der Waals surface area contributed by atoms with Gasteiger partial charge in [0, 0.05) is 12.6 Å². The van der Waals surface area contributed by atoms with Crippen molar-refractivity contribution in [1.82, 2.24) is 10.6 Å². The maximum atomic E-state index is 5.89. The van der Waals surface area contributed by atoms with E-state index in [1.165, 1.54) is 6.42 Å². The lowest BCUT2D eigenvalue weighted by Gasteiger charge is -2.22. The molecule has 0 spiro atoms. The van der Waals surface area contributed by atoms with E-state index < -0.39 is 0 Å². The van der Waals surface area contributed by atoms with Gasteiger partial charge in [0.25, 0.3) is 0 Å². The highest BCUT2D eigenvalue weighted by molar-refractivity contribution is 5.80. The van der Waals surface area contributed by atoms with Crippen LogP contribution in [0.25, 0.3) is 0 Å². The molecule has 3 heterocycles. The Hall–Kier alpha value is -2.15. The summed E-state index contributed by atoms with van der Waals surface area (Å²) in [6.07, 6.45) is 4.18. The third-order valence-corrected chi connectivity index (χ3v) is 4.75. The van der Waals surface area contributed by atoms with E-state index in [1.807, 2.05) is 18.2 Å². The molecule has 3 aliphatic rings. The zero-order chi connectivity index (χ0) is 17.1. The van der Waals surface area contributed by atoms with Crippen LogP contribution in [0, 0.1) is 0 Å². The zero-order valence-corrected chi connectivity index (χ0v) is 14.5. The van der Waals surface area contributed by atoms with Crippen molar-refractivity contribution in [3.8, 4) is 17.2 Å². The van der Waals surface area contributed by atoms with E-state index in [0.29, 0.717) is 31.4 Å². The molecule has 2 saturated heterocycles. The van der Waals surface area contributed by atoms with Gasteiger partial charge in [0.1, 0.15) is 12.4 Å². The predicted molar refractivity (Wildman–Crippen MR) is 93.5 cm³/mol. The molecule has 0 saturated carbocycles. The first-order valence-electron chi connectivity index (χ1n) is 9.04. The van der Waals surface area contributed by atoms with E-state index in [2.05, 4.69) is 22.5 Å². The van der Waals surface area contributed by atoms with Crippen LogP contribution in [0.15, 0.2) is 23.2 Å². The van der Waals surface area contributed by atoms with Gasteiger partial charge >= 0.3 is 0 Å². The molecule has 4 rings (SSSR count). The van der Waals surface area contributed by atoms with Crippen molar-refractivity contribution in [2.75, 3.05) is 26.5 Å². The molecule has 136 valence electrons. The number of hydrogen-bond donors (Lipinski definition) is 2. The summed E-state index contributed by atoms with van der Waals surface area (Å²) in [4.78, 5) is 4.61. The first-order chi connectivity index (χ1) is 12.3. The first-order valence-corrected chi connectivity index (χ1v) is 9.04. The Morgan fingerprint density at radius 2 is 2.20 bits per heavy atom. The third-order valence-electron chi connectivity index (χ3n) is 4.75. The Bertz CT molecular complexity index is 637. The molecule has 2 bridgehead atoms. The molecule has 0 amide bonds. The summed E-state index contributed by atoms with van der Waals surface area (Å²) < 4.78 is 22.3. The number of guanidine groups is 1. The summed E-state index contributed by atoms with van der Waals surface area (Å²) in [5.41, 5.74) is 0. The highest BCUT2D eigenvalue weighted by Gasteiger charge is 2.41. The van der Waals surface area contributed by atoms with Crippen LogP contribution in [0.2, 0.25) is 0 Å². The second-order valence-electron chi connectivity index (χ2n) is 6.48. The van der Waals surface area contributed by atoms with Crippen LogP contribution in [0.3, 0.4) is 0 Å². The quantitative estimate of drug-likeness (QED) is 0.463. The van der Waals surface area contributed by atoms with Crippen LogP contribution in [0.1, 0.15) is 26.2 Å². The second kappa shape index (κ2) is 7.39. The summed E-state index contributed by atoms with van der Waals surface area (Å²) in [6.45, 7) is 4.25. The van der Waals surface area contributed by atoms with Gasteiger partial charge in [0.15, 0.2) is 17.5 Å². The highest BCUT2D eigenvalue weighted by Crippen LogP contribution is 2.35. The zero-order valence-electron chi connectivity index (χ0n) is 14.5. The monoisotopic (exact) mass is 347 g/mol. The number of benzene rings is 1. The predicted octanol–water partition coefficient (Wildman–Crippen LogP) is 1.67. The lowest BCUT2D eigenvalue weighted by atomic mass is 9.96. The van der Waals surface area contributed by atoms with Crippen molar-refractivity contribution in [3.63, 3.8) is 0 Å². The molecule has 2 fully saturated rings. The standard InChI is InChI=1S/C18H25N3O4/c1-2-19-18(21-14-9-13-4-5-15(14)25-13)20-7-8-22-12-3-6-16-17(10-12)24-11-23-16/h3,6,10,13-15H,2,4-5,7-9,11H2,1H3,(H2,19,20,21). The molecule has 2 N–H and O–H groups in total. The van der Waals surface area contributed by atoms with E-state index in [4.69, 9.17) is 18.9 Å². The number of nitrogens with zero attached hydrogens (tertiary/aromatic N) is 1. The van der Waals surface area contributed by atoms with Crippen LogP contribution in [0.4, 0.5) is 0 Å². The Morgan fingerprint density at radius 1 is 1.28 bits per heavy atom. The van der Waals surface area contributed by atoms with E-state index in [0.717, 1.165) is 42.6 Å². The maximum absolute atomic E-state index is 5.89. The van der Waals surface area contributed by atoms with Gasteiger partial charge in [0.2, 0.25) is 6.79 Å². The van der Waals surface area contributed by atoms with Gasteiger partial charge in [-0.15, -0.1) is 0 Å².